The first kappa shape index (κ1) is 19.7. The van der Waals surface area contributed by atoms with Crippen LogP contribution in [0.5, 0.6) is 11.6 Å². The van der Waals surface area contributed by atoms with Crippen molar-refractivity contribution in [1.82, 2.24) is 9.97 Å². The predicted octanol–water partition coefficient (Wildman–Crippen LogP) is 4.70. The Balaban J connectivity index is 1.35. The van der Waals surface area contributed by atoms with Crippen LogP contribution in [0.15, 0.2) is 77.3 Å². The Labute approximate surface area is 174 Å². The van der Waals surface area contributed by atoms with Crippen LogP contribution in [0.1, 0.15) is 22.6 Å². The van der Waals surface area contributed by atoms with E-state index in [1.54, 1.807) is 18.3 Å². The molecule has 6 nitrogen and oxygen atoms in total. The Morgan fingerprint density at radius 1 is 0.900 bits per heavy atom. The highest BCUT2D eigenvalue weighted by molar-refractivity contribution is 5.53. The van der Waals surface area contributed by atoms with E-state index in [4.69, 9.17) is 13.9 Å². The number of ether oxygens (including phenoxy) is 2. The van der Waals surface area contributed by atoms with Gasteiger partial charge in [0.15, 0.2) is 0 Å². The molecule has 0 spiro atoms. The van der Waals surface area contributed by atoms with Gasteiger partial charge in [-0.25, -0.2) is 9.97 Å². The molecule has 0 radical (unpaired) electrons. The number of hydrogen-bond acceptors (Lipinski definition) is 6. The molecule has 0 unspecified atom stereocenters. The van der Waals surface area contributed by atoms with E-state index < -0.39 is 0 Å². The van der Waals surface area contributed by atoms with Crippen LogP contribution in [-0.2, 0) is 19.8 Å². The minimum absolute atomic E-state index is 0.108. The molecule has 2 aromatic heterocycles. The fraction of sp³-hybridized carbons (Fsp3) is 0.167. The molecule has 4 rings (SSSR count). The minimum Gasteiger partial charge on any atom is -0.487 e. The normalized spacial score (nSPS) is 10.7. The third-order valence-electron chi connectivity index (χ3n) is 4.61. The number of oxazole rings is 1. The molecule has 0 aliphatic heterocycles. The molecule has 1 N–H and O–H groups in total. The monoisotopic (exact) mass is 402 g/mol. The van der Waals surface area contributed by atoms with Gasteiger partial charge in [-0.05, 0) is 48.9 Å². The van der Waals surface area contributed by atoms with Crippen LogP contribution in [0.3, 0.4) is 0 Å². The van der Waals surface area contributed by atoms with Crippen molar-refractivity contribution in [3.8, 4) is 23.1 Å². The average Bonchev–Trinajstić information content (AvgIpc) is 3.18. The van der Waals surface area contributed by atoms with Gasteiger partial charge in [0.05, 0.1) is 6.61 Å². The molecule has 0 atom stereocenters. The van der Waals surface area contributed by atoms with Gasteiger partial charge in [-0.3, -0.25) is 0 Å². The van der Waals surface area contributed by atoms with E-state index in [-0.39, 0.29) is 6.61 Å². The van der Waals surface area contributed by atoms with Crippen molar-refractivity contribution in [2.75, 3.05) is 0 Å². The molecule has 0 aliphatic rings. The van der Waals surface area contributed by atoms with E-state index in [2.05, 4.69) is 9.97 Å². The highest BCUT2D eigenvalue weighted by atomic mass is 16.5. The molecule has 2 aromatic carbocycles. The third-order valence-corrected chi connectivity index (χ3v) is 4.61. The molecule has 6 heteroatoms. The largest absolute Gasteiger partial charge is 0.487 e. The summed E-state index contributed by atoms with van der Waals surface area (Å²) in [5.41, 5.74) is 3.34. The van der Waals surface area contributed by atoms with Crippen molar-refractivity contribution in [2.45, 2.75) is 26.7 Å². The first-order chi connectivity index (χ1) is 14.7. The molecule has 2 heterocycles. The van der Waals surface area contributed by atoms with Gasteiger partial charge in [-0.2, -0.15) is 0 Å². The minimum atomic E-state index is -0.108. The van der Waals surface area contributed by atoms with Crippen molar-refractivity contribution >= 4 is 0 Å². The van der Waals surface area contributed by atoms with Gasteiger partial charge in [0.25, 0.3) is 0 Å². The van der Waals surface area contributed by atoms with E-state index in [0.29, 0.717) is 30.5 Å². The fourth-order valence-electron chi connectivity index (χ4n) is 2.93. The number of rotatable bonds is 8. The molecule has 0 saturated carbocycles. The summed E-state index contributed by atoms with van der Waals surface area (Å²) in [6.45, 7) is 2.46. The van der Waals surface area contributed by atoms with Crippen LogP contribution in [0.2, 0.25) is 0 Å². The maximum Gasteiger partial charge on any atom is 0.226 e. The summed E-state index contributed by atoms with van der Waals surface area (Å²) in [6, 6.07) is 21.0. The second-order valence-electron chi connectivity index (χ2n) is 6.74. The Bertz CT molecular complexity index is 1090. The van der Waals surface area contributed by atoms with Crippen LogP contribution < -0.4 is 9.47 Å². The zero-order valence-electron chi connectivity index (χ0n) is 16.6. The van der Waals surface area contributed by atoms with Gasteiger partial charge >= 0.3 is 0 Å². The standard InChI is InChI=1S/C24H22N2O4/c1-17-22(26-24(30-17)19-6-3-2-4-7-19)16-28-21-11-9-18(10-12-21)15-29-23-20(14-27)8-5-13-25-23/h2-13,27H,14-16H2,1H3. The highest BCUT2D eigenvalue weighted by Gasteiger charge is 2.12. The molecule has 0 bridgehead atoms. The van der Waals surface area contributed by atoms with Gasteiger partial charge < -0.3 is 19.0 Å². The number of aliphatic hydroxyl groups excluding tert-OH is 1. The summed E-state index contributed by atoms with van der Waals surface area (Å²) < 4.78 is 17.3. The lowest BCUT2D eigenvalue weighted by molar-refractivity contribution is 0.252. The highest BCUT2D eigenvalue weighted by Crippen LogP contribution is 2.23. The number of hydrogen-bond donors (Lipinski definition) is 1. The Hall–Kier alpha value is -3.64. The van der Waals surface area contributed by atoms with Gasteiger partial charge in [0, 0.05) is 17.3 Å². The van der Waals surface area contributed by atoms with E-state index in [0.717, 1.165) is 28.3 Å². The zero-order chi connectivity index (χ0) is 20.8. The summed E-state index contributed by atoms with van der Waals surface area (Å²) in [6.07, 6.45) is 1.64. The van der Waals surface area contributed by atoms with Crippen LogP contribution >= 0.6 is 0 Å². The van der Waals surface area contributed by atoms with E-state index >= 15 is 0 Å². The molecule has 0 aliphatic carbocycles. The van der Waals surface area contributed by atoms with Crippen LogP contribution in [-0.4, -0.2) is 15.1 Å². The number of nitrogens with zero attached hydrogens (tertiary/aromatic N) is 2. The molecular formula is C24H22N2O4. The SMILES string of the molecule is Cc1oc(-c2ccccc2)nc1COc1ccc(COc2ncccc2CO)cc1. The van der Waals surface area contributed by atoms with Crippen LogP contribution in [0, 0.1) is 6.92 Å². The van der Waals surface area contributed by atoms with Crippen molar-refractivity contribution in [1.29, 1.82) is 0 Å². The zero-order valence-corrected chi connectivity index (χ0v) is 16.6. The Morgan fingerprint density at radius 3 is 2.47 bits per heavy atom. The topological polar surface area (TPSA) is 77.6 Å². The van der Waals surface area contributed by atoms with Crippen LogP contribution in [0.4, 0.5) is 0 Å². The summed E-state index contributed by atoms with van der Waals surface area (Å²) in [5.74, 6) is 2.51. The van der Waals surface area contributed by atoms with Crippen molar-refractivity contribution in [3.63, 3.8) is 0 Å². The number of benzene rings is 2. The Morgan fingerprint density at radius 2 is 1.70 bits per heavy atom. The lowest BCUT2D eigenvalue weighted by Gasteiger charge is -2.09. The first-order valence-electron chi connectivity index (χ1n) is 9.64. The molecule has 30 heavy (non-hydrogen) atoms. The van der Waals surface area contributed by atoms with E-state index in [1.165, 1.54) is 0 Å². The molecule has 152 valence electrons. The molecule has 0 fully saturated rings. The number of aromatic nitrogens is 2. The predicted molar refractivity (Wildman–Crippen MR) is 112 cm³/mol. The van der Waals surface area contributed by atoms with E-state index in [9.17, 15) is 5.11 Å². The quantitative estimate of drug-likeness (QED) is 0.460. The maximum atomic E-state index is 9.34. The maximum absolute atomic E-state index is 9.34. The number of pyridine rings is 1. The van der Waals surface area contributed by atoms with Crippen molar-refractivity contribution < 1.29 is 19.0 Å². The summed E-state index contributed by atoms with van der Waals surface area (Å²) in [4.78, 5) is 8.71. The van der Waals surface area contributed by atoms with E-state index in [1.807, 2.05) is 61.5 Å². The molecule has 0 saturated heterocycles. The number of aliphatic hydroxyl groups is 1. The van der Waals surface area contributed by atoms with Crippen LogP contribution in [0.25, 0.3) is 11.5 Å². The van der Waals surface area contributed by atoms with Gasteiger partial charge in [-0.1, -0.05) is 30.3 Å². The fourth-order valence-corrected chi connectivity index (χ4v) is 2.93. The Kier molecular flexibility index (Phi) is 6.06. The smallest absolute Gasteiger partial charge is 0.226 e. The molecule has 4 aromatic rings. The van der Waals surface area contributed by atoms with Gasteiger partial charge in [0.2, 0.25) is 11.8 Å². The second kappa shape index (κ2) is 9.24. The van der Waals surface area contributed by atoms with Crippen molar-refractivity contribution in [3.05, 3.63) is 95.5 Å². The van der Waals surface area contributed by atoms with Gasteiger partial charge in [0.1, 0.15) is 30.4 Å². The lowest BCUT2D eigenvalue weighted by atomic mass is 10.2. The third kappa shape index (κ3) is 4.67. The van der Waals surface area contributed by atoms with Crippen molar-refractivity contribution in [2.24, 2.45) is 0 Å². The summed E-state index contributed by atoms with van der Waals surface area (Å²) in [7, 11) is 0. The van der Waals surface area contributed by atoms with Gasteiger partial charge in [-0.15, -0.1) is 0 Å². The summed E-state index contributed by atoms with van der Waals surface area (Å²) >= 11 is 0. The first-order valence-corrected chi connectivity index (χ1v) is 9.64. The molecular weight excluding hydrogens is 380 g/mol. The average molecular weight is 402 g/mol. The second-order valence-corrected chi connectivity index (χ2v) is 6.74. The summed E-state index contributed by atoms with van der Waals surface area (Å²) in [5, 5.41) is 9.34. The molecule has 0 amide bonds. The lowest BCUT2D eigenvalue weighted by Crippen LogP contribution is -2.01. The number of aryl methyl sites for hydroxylation is 1.